The number of amides is 1. The summed E-state index contributed by atoms with van der Waals surface area (Å²) in [7, 11) is -4.79. The molecule has 1 aliphatic rings. The number of carbonyl (C=O) groups is 1. The second kappa shape index (κ2) is 11.2. The smallest absolute Gasteiger partial charge is 0.382 e. The molecule has 1 aliphatic heterocycles. The first-order valence-electron chi connectivity index (χ1n) is 12.1. The lowest BCUT2D eigenvalue weighted by atomic mass is 10.1. The molecule has 4 rings (SSSR count). The van der Waals surface area contributed by atoms with Crippen molar-refractivity contribution in [2.24, 2.45) is 0 Å². The average Bonchev–Trinajstić information content (AvgIpc) is 3.52. The monoisotopic (exact) mass is 676 g/mol. The number of H-pyrrole nitrogens is 1. The van der Waals surface area contributed by atoms with Crippen LogP contribution in [0.2, 0.25) is 10.0 Å². The fraction of sp³-hybridized carbons (Fsp3) is 0.478. The molecular weight excluding hydrogens is 654 g/mol. The van der Waals surface area contributed by atoms with Crippen LogP contribution in [-0.4, -0.2) is 75.7 Å². The maximum atomic E-state index is 13.7. The van der Waals surface area contributed by atoms with Gasteiger partial charge in [0.1, 0.15) is 22.2 Å². The van der Waals surface area contributed by atoms with Gasteiger partial charge in [0.05, 0.1) is 14.9 Å². The first-order valence-corrected chi connectivity index (χ1v) is 15.2. The summed E-state index contributed by atoms with van der Waals surface area (Å²) in [5.41, 5.74) is -1.64. The number of rotatable bonds is 7. The van der Waals surface area contributed by atoms with Gasteiger partial charge < -0.3 is 15.0 Å². The molecule has 0 bridgehead atoms. The van der Waals surface area contributed by atoms with E-state index in [0.29, 0.717) is 6.92 Å². The van der Waals surface area contributed by atoms with Crippen molar-refractivity contribution in [3.8, 4) is 21.3 Å². The highest BCUT2D eigenvalue weighted by Gasteiger charge is 2.40. The standard InChI is InChI=1S/C23H23Cl2F5N6O4S2/c1-10(23(28,29)30)35-42(39,40)12-5-4-11(13(24)14(12)25)16-15(19(37)36-8-6-22(26,27)7-9-36)31-18(41-16)17-32-20(34-33-17)21(2,3)38/h4-5,10,35,38H,6-9H2,1-3H3,(H,32,33,34)/t10-/m1/s1. The summed E-state index contributed by atoms with van der Waals surface area (Å²) in [6, 6.07) is -0.370. The van der Waals surface area contributed by atoms with Gasteiger partial charge in [-0.25, -0.2) is 22.2 Å². The number of aromatic amines is 1. The van der Waals surface area contributed by atoms with Crippen LogP contribution in [0.1, 0.15) is 49.9 Å². The number of alkyl halides is 5. The molecule has 0 aliphatic carbocycles. The van der Waals surface area contributed by atoms with E-state index in [1.54, 1.807) is 0 Å². The van der Waals surface area contributed by atoms with Gasteiger partial charge in [-0.05, 0) is 26.8 Å². The molecule has 19 heteroatoms. The minimum atomic E-state index is -4.87. The molecule has 0 unspecified atom stereocenters. The van der Waals surface area contributed by atoms with Gasteiger partial charge in [0.2, 0.25) is 10.0 Å². The summed E-state index contributed by atoms with van der Waals surface area (Å²) in [5, 5.41) is 17.1. The van der Waals surface area contributed by atoms with Gasteiger partial charge in [0.15, 0.2) is 16.7 Å². The Kier molecular flexibility index (Phi) is 8.69. The number of halogens is 7. The third-order valence-corrected chi connectivity index (χ3v) is 9.96. The van der Waals surface area contributed by atoms with Gasteiger partial charge in [-0.15, -0.1) is 21.5 Å². The lowest BCUT2D eigenvalue weighted by Crippen LogP contribution is -2.43. The van der Waals surface area contributed by atoms with Crippen molar-refractivity contribution in [1.82, 2.24) is 29.8 Å². The zero-order valence-electron chi connectivity index (χ0n) is 22.0. The Balaban J connectivity index is 1.80. The second-order valence-corrected chi connectivity index (χ2v) is 13.5. The van der Waals surface area contributed by atoms with Gasteiger partial charge in [-0.1, -0.05) is 29.3 Å². The van der Waals surface area contributed by atoms with Crippen LogP contribution in [0.4, 0.5) is 22.0 Å². The third-order valence-electron chi connectivity index (χ3n) is 6.28. The molecule has 3 aromatic rings. The molecule has 3 N–H and O–H groups in total. The van der Waals surface area contributed by atoms with Crippen LogP contribution in [0, 0.1) is 0 Å². The number of benzene rings is 1. The van der Waals surface area contributed by atoms with Crippen LogP contribution < -0.4 is 4.72 Å². The highest BCUT2D eigenvalue weighted by atomic mass is 35.5. The number of nitrogens with zero attached hydrogens (tertiary/aromatic N) is 4. The van der Waals surface area contributed by atoms with E-state index in [-0.39, 0.29) is 45.9 Å². The molecule has 1 atom stereocenters. The minimum Gasteiger partial charge on any atom is -0.382 e. The van der Waals surface area contributed by atoms with Crippen LogP contribution in [0.25, 0.3) is 21.3 Å². The van der Waals surface area contributed by atoms with E-state index >= 15 is 0 Å². The summed E-state index contributed by atoms with van der Waals surface area (Å²) >= 11 is 13.5. The van der Waals surface area contributed by atoms with Gasteiger partial charge >= 0.3 is 6.18 Å². The minimum absolute atomic E-state index is 0.00107. The van der Waals surface area contributed by atoms with Crippen LogP contribution in [0.5, 0.6) is 0 Å². The Morgan fingerprint density at radius 2 is 1.79 bits per heavy atom. The third kappa shape index (κ3) is 6.70. The fourth-order valence-electron chi connectivity index (χ4n) is 3.85. The Bertz CT molecular complexity index is 1610. The van der Waals surface area contributed by atoms with E-state index in [0.717, 1.165) is 23.5 Å². The Labute approximate surface area is 250 Å². The highest BCUT2D eigenvalue weighted by Crippen LogP contribution is 2.43. The first-order chi connectivity index (χ1) is 19.2. The molecule has 1 amide bonds. The second-order valence-electron chi connectivity index (χ2n) is 10.0. The number of sulfonamides is 1. The van der Waals surface area contributed by atoms with Crippen molar-refractivity contribution in [2.75, 3.05) is 13.1 Å². The fourth-order valence-corrected chi connectivity index (χ4v) is 7.03. The number of thiazole rings is 1. The van der Waals surface area contributed by atoms with E-state index < -0.39 is 67.5 Å². The Morgan fingerprint density at radius 1 is 1.17 bits per heavy atom. The molecular formula is C23H23Cl2F5N6O4S2. The first kappa shape index (κ1) is 32.5. The van der Waals surface area contributed by atoms with Crippen LogP contribution in [0.3, 0.4) is 0 Å². The highest BCUT2D eigenvalue weighted by molar-refractivity contribution is 7.89. The number of piperidine rings is 1. The SMILES string of the molecule is C[C@@H](NS(=O)(=O)c1ccc(-c2sc(-c3nnc(C(C)(C)O)[nH]3)nc2C(=O)N2CCC(F)(F)CC2)c(Cl)c1Cl)C(F)(F)F. The lowest BCUT2D eigenvalue weighted by Gasteiger charge is -2.31. The number of nitrogens with one attached hydrogen (secondary N) is 2. The summed E-state index contributed by atoms with van der Waals surface area (Å²) in [4.78, 5) is 21.1. The zero-order valence-corrected chi connectivity index (χ0v) is 25.1. The number of carbonyl (C=O) groups excluding carboxylic acids is 1. The average molecular weight is 678 g/mol. The van der Waals surface area contributed by atoms with Crippen molar-refractivity contribution >= 4 is 50.5 Å². The predicted octanol–water partition coefficient (Wildman–Crippen LogP) is 5.23. The molecule has 2 aromatic heterocycles. The quantitative estimate of drug-likeness (QED) is 0.291. The molecule has 42 heavy (non-hydrogen) atoms. The van der Waals surface area contributed by atoms with Gasteiger partial charge in [0, 0.05) is 31.5 Å². The van der Waals surface area contributed by atoms with E-state index in [1.165, 1.54) is 23.5 Å². The molecule has 1 fully saturated rings. The van der Waals surface area contributed by atoms with Crippen LogP contribution >= 0.6 is 34.5 Å². The largest absolute Gasteiger partial charge is 0.404 e. The van der Waals surface area contributed by atoms with Gasteiger partial charge in [-0.2, -0.15) is 17.9 Å². The van der Waals surface area contributed by atoms with Crippen LogP contribution in [-0.2, 0) is 15.6 Å². The predicted molar refractivity (Wildman–Crippen MR) is 144 cm³/mol. The molecule has 1 aromatic carbocycles. The maximum Gasteiger partial charge on any atom is 0.404 e. The van der Waals surface area contributed by atoms with E-state index in [2.05, 4.69) is 20.2 Å². The zero-order chi connectivity index (χ0) is 31.4. The van der Waals surface area contributed by atoms with Crippen molar-refractivity contribution in [3.63, 3.8) is 0 Å². The van der Waals surface area contributed by atoms with Crippen molar-refractivity contribution in [1.29, 1.82) is 0 Å². The number of hydrogen-bond donors (Lipinski definition) is 3. The Hall–Kier alpha value is -2.44. The number of hydrogen-bond acceptors (Lipinski definition) is 8. The number of likely N-dealkylation sites (tertiary alicyclic amines) is 1. The molecule has 0 spiro atoms. The van der Waals surface area contributed by atoms with E-state index in [4.69, 9.17) is 23.2 Å². The summed E-state index contributed by atoms with van der Waals surface area (Å²) in [6.07, 6.45) is -6.00. The van der Waals surface area contributed by atoms with Crippen LogP contribution in [0.15, 0.2) is 17.0 Å². The summed E-state index contributed by atoms with van der Waals surface area (Å²) < 4.78 is 93.3. The molecule has 230 valence electrons. The molecule has 0 radical (unpaired) electrons. The number of aromatic nitrogens is 4. The summed E-state index contributed by atoms with van der Waals surface area (Å²) in [6.45, 7) is 2.98. The van der Waals surface area contributed by atoms with Crippen molar-refractivity contribution < 1.29 is 40.3 Å². The lowest BCUT2D eigenvalue weighted by molar-refractivity contribution is -0.147. The molecule has 0 saturated carbocycles. The topological polar surface area (TPSA) is 141 Å². The Morgan fingerprint density at radius 3 is 2.33 bits per heavy atom. The van der Waals surface area contributed by atoms with E-state index in [1.807, 2.05) is 0 Å². The van der Waals surface area contributed by atoms with Crippen molar-refractivity contribution in [2.45, 2.75) is 62.3 Å². The van der Waals surface area contributed by atoms with Gasteiger partial charge in [-0.3, -0.25) is 4.79 Å². The molecule has 1 saturated heterocycles. The molecule has 3 heterocycles. The maximum absolute atomic E-state index is 13.7. The van der Waals surface area contributed by atoms with Gasteiger partial charge in [0.25, 0.3) is 11.8 Å². The van der Waals surface area contributed by atoms with E-state index in [9.17, 15) is 40.3 Å². The van der Waals surface area contributed by atoms with Crippen molar-refractivity contribution in [3.05, 3.63) is 33.7 Å². The summed E-state index contributed by atoms with van der Waals surface area (Å²) in [5.74, 6) is -3.53. The molecule has 10 nitrogen and oxygen atoms in total. The normalized spacial score (nSPS) is 17.0. The number of aliphatic hydroxyl groups is 1.